The summed E-state index contributed by atoms with van der Waals surface area (Å²) in [7, 11) is 0. The van der Waals surface area contributed by atoms with Crippen LogP contribution in [0.5, 0.6) is 0 Å². The third-order valence-electron chi connectivity index (χ3n) is 2.82. The minimum atomic E-state index is -1.11. The Morgan fingerprint density at radius 2 is 1.91 bits per heavy atom. The topological polar surface area (TPSA) is 125 Å². The largest absolute Gasteiger partial charge is 0.459 e. The van der Waals surface area contributed by atoms with Crippen LogP contribution in [0.2, 0.25) is 0 Å². The lowest BCUT2D eigenvalue weighted by Crippen LogP contribution is -2.49. The Morgan fingerprint density at radius 1 is 1.23 bits per heavy atom. The van der Waals surface area contributed by atoms with Gasteiger partial charge in [-0.05, 0) is 13.3 Å². The van der Waals surface area contributed by atoms with E-state index >= 15 is 0 Å². The number of amides is 3. The first-order valence-corrected chi connectivity index (χ1v) is 7.13. The van der Waals surface area contributed by atoms with Crippen LogP contribution in [-0.4, -0.2) is 47.6 Å². The van der Waals surface area contributed by atoms with Crippen LogP contribution in [0.3, 0.4) is 0 Å². The average Bonchev–Trinajstić information content (AvgIpc) is 2.51. The fraction of sp³-hybridized carbons (Fsp3) is 0.692. The number of rotatable bonds is 9. The van der Waals surface area contributed by atoms with Gasteiger partial charge in [-0.3, -0.25) is 30.4 Å². The third kappa shape index (κ3) is 8.20. The van der Waals surface area contributed by atoms with Gasteiger partial charge >= 0.3 is 11.9 Å². The number of hydrogen-bond acceptors (Lipinski definition) is 6. The molecule has 0 aromatic heterocycles. The lowest BCUT2D eigenvalue weighted by atomic mass is 10.0. The van der Waals surface area contributed by atoms with Crippen molar-refractivity contribution in [2.24, 2.45) is 5.92 Å². The number of nitrogens with one attached hydrogen (secondary N) is 2. The van der Waals surface area contributed by atoms with Gasteiger partial charge in [0, 0.05) is 0 Å². The van der Waals surface area contributed by atoms with Crippen molar-refractivity contribution in [1.29, 1.82) is 0 Å². The van der Waals surface area contributed by atoms with Crippen LogP contribution in [0.25, 0.3) is 0 Å². The van der Waals surface area contributed by atoms with Gasteiger partial charge in [-0.25, -0.2) is 9.86 Å². The molecule has 0 aliphatic rings. The lowest BCUT2D eigenvalue weighted by molar-refractivity contribution is -0.156. The first kappa shape index (κ1) is 19.8. The van der Waals surface area contributed by atoms with Crippen molar-refractivity contribution in [3.05, 3.63) is 0 Å². The minimum Gasteiger partial charge on any atom is -0.459 e. The smallest absolute Gasteiger partial charge is 0.398 e. The van der Waals surface area contributed by atoms with Crippen molar-refractivity contribution in [2.75, 3.05) is 13.2 Å². The van der Waals surface area contributed by atoms with E-state index < -0.39 is 23.7 Å². The molecule has 22 heavy (non-hydrogen) atoms. The van der Waals surface area contributed by atoms with Gasteiger partial charge in [0.05, 0.1) is 19.1 Å². The number of hydrogen-bond donors (Lipinski definition) is 3. The van der Waals surface area contributed by atoms with Crippen molar-refractivity contribution in [3.8, 4) is 0 Å². The van der Waals surface area contributed by atoms with Gasteiger partial charge in [-0.15, -0.1) is 0 Å². The van der Waals surface area contributed by atoms with E-state index in [9.17, 15) is 24.4 Å². The molecule has 9 nitrogen and oxygen atoms in total. The molecule has 0 rings (SSSR count). The van der Waals surface area contributed by atoms with Crippen LogP contribution >= 0.6 is 0 Å². The van der Waals surface area contributed by atoms with E-state index in [0.29, 0.717) is 11.5 Å². The van der Waals surface area contributed by atoms with Crippen LogP contribution in [0.4, 0.5) is 0 Å². The van der Waals surface area contributed by atoms with E-state index in [2.05, 4.69) is 10.2 Å². The number of ether oxygens (including phenoxy) is 1. The highest BCUT2D eigenvalue weighted by Crippen LogP contribution is 2.11. The Labute approximate surface area is 128 Å². The summed E-state index contributed by atoms with van der Waals surface area (Å²) in [5.41, 5.74) is 4.01. The zero-order valence-corrected chi connectivity index (χ0v) is 12.8. The number of unbranched alkanes of at least 4 members (excludes halogenated alkanes) is 2. The van der Waals surface area contributed by atoms with Gasteiger partial charge in [-0.2, -0.15) is 0 Å². The van der Waals surface area contributed by atoms with E-state index in [-0.39, 0.29) is 19.6 Å². The summed E-state index contributed by atoms with van der Waals surface area (Å²) in [4.78, 5) is 44.7. The second kappa shape index (κ2) is 11.5. The first-order chi connectivity index (χ1) is 10.5. The number of carbonyl (C=O) groups excluding carboxylic acids is 4. The minimum absolute atomic E-state index is 0.0403. The Morgan fingerprint density at radius 3 is 2.45 bits per heavy atom. The van der Waals surface area contributed by atoms with E-state index in [4.69, 9.17) is 0 Å². The summed E-state index contributed by atoms with van der Waals surface area (Å²) in [6.45, 7) is 3.38. The molecule has 0 radical (unpaired) electrons. The Bertz CT molecular complexity index is 388. The maximum atomic E-state index is 11.9. The number of hydroxylamine groups is 2. The molecule has 1 atom stereocenters. The molecule has 0 aromatic rings. The van der Waals surface area contributed by atoms with E-state index in [1.807, 2.05) is 12.3 Å². The Kier molecular flexibility index (Phi) is 10.4. The number of hydrazine groups is 1. The zero-order valence-electron chi connectivity index (χ0n) is 12.8. The molecular formula is C13H23N3O6. The molecule has 0 aliphatic heterocycles. The van der Waals surface area contributed by atoms with Gasteiger partial charge in [0.15, 0.2) is 0 Å². The maximum Gasteiger partial charge on any atom is 0.398 e. The highest BCUT2D eigenvalue weighted by molar-refractivity contribution is 6.32. The van der Waals surface area contributed by atoms with Crippen molar-refractivity contribution in [2.45, 2.75) is 39.5 Å². The normalized spacial score (nSPS) is 11.2. The number of nitrogens with zero attached hydrogens (tertiary/aromatic N) is 1. The van der Waals surface area contributed by atoms with Crippen LogP contribution in [0.1, 0.15) is 39.5 Å². The zero-order chi connectivity index (χ0) is 17.0. The molecule has 0 fully saturated rings. The average molecular weight is 317 g/mol. The molecule has 0 saturated heterocycles. The van der Waals surface area contributed by atoms with Crippen molar-refractivity contribution >= 4 is 24.2 Å². The van der Waals surface area contributed by atoms with E-state index in [0.717, 1.165) is 19.3 Å². The van der Waals surface area contributed by atoms with Gasteiger partial charge in [0.2, 0.25) is 12.3 Å². The third-order valence-corrected chi connectivity index (χ3v) is 2.82. The summed E-state index contributed by atoms with van der Waals surface area (Å²) >= 11 is 0. The summed E-state index contributed by atoms with van der Waals surface area (Å²) in [5.74, 6) is -3.51. The van der Waals surface area contributed by atoms with Crippen molar-refractivity contribution in [3.63, 3.8) is 0 Å². The number of esters is 1. The molecule has 0 unspecified atom stereocenters. The molecule has 0 aliphatic carbocycles. The summed E-state index contributed by atoms with van der Waals surface area (Å²) < 4.78 is 4.46. The summed E-state index contributed by atoms with van der Waals surface area (Å²) in [5, 5.41) is 9.56. The molecule has 0 bridgehead atoms. The molecule has 126 valence electrons. The van der Waals surface area contributed by atoms with Gasteiger partial charge in [-0.1, -0.05) is 26.2 Å². The molecule has 0 heterocycles. The fourth-order valence-electron chi connectivity index (χ4n) is 1.68. The predicted molar refractivity (Wildman–Crippen MR) is 75.1 cm³/mol. The van der Waals surface area contributed by atoms with Crippen molar-refractivity contribution in [1.82, 2.24) is 15.9 Å². The van der Waals surface area contributed by atoms with Gasteiger partial charge in [0.25, 0.3) is 0 Å². The Balaban J connectivity index is 4.44. The lowest BCUT2D eigenvalue weighted by Gasteiger charge is -2.19. The van der Waals surface area contributed by atoms with Crippen LogP contribution < -0.4 is 10.9 Å². The highest BCUT2D eigenvalue weighted by Gasteiger charge is 2.22. The second-order valence-electron chi connectivity index (χ2n) is 4.58. The van der Waals surface area contributed by atoms with Crippen molar-refractivity contribution < 1.29 is 29.1 Å². The maximum absolute atomic E-state index is 11.9. The molecule has 3 N–H and O–H groups in total. The summed E-state index contributed by atoms with van der Waals surface area (Å²) in [6.07, 6.45) is 3.19. The first-order valence-electron chi connectivity index (χ1n) is 7.13. The summed E-state index contributed by atoms with van der Waals surface area (Å²) in [6, 6.07) is 0. The molecule has 9 heteroatoms. The fourth-order valence-corrected chi connectivity index (χ4v) is 1.68. The van der Waals surface area contributed by atoms with E-state index in [1.54, 1.807) is 6.92 Å². The van der Waals surface area contributed by atoms with Crippen LogP contribution in [0, 0.1) is 5.92 Å². The second-order valence-corrected chi connectivity index (χ2v) is 4.58. The van der Waals surface area contributed by atoms with Crippen LogP contribution in [0.15, 0.2) is 0 Å². The molecule has 0 saturated carbocycles. The van der Waals surface area contributed by atoms with E-state index in [1.165, 1.54) is 0 Å². The standard InChI is InChI=1S/C13H23N3O6/c1-3-5-6-7-10(8-16(21)9-17)11(18)14-15-12(19)13(20)22-4-2/h9-10,21H,3-8H2,1-2H3,(H,14,18)(H,15,19)/t10-/m1/s1. The van der Waals surface area contributed by atoms with Gasteiger partial charge < -0.3 is 4.74 Å². The predicted octanol–water partition coefficient (Wildman–Crippen LogP) is -0.259. The number of carbonyl (C=O) groups is 4. The highest BCUT2D eigenvalue weighted by atomic mass is 16.5. The molecule has 3 amide bonds. The molecule has 0 aromatic carbocycles. The quantitative estimate of drug-likeness (QED) is 0.134. The molecule has 0 spiro atoms. The van der Waals surface area contributed by atoms with Gasteiger partial charge in [0.1, 0.15) is 0 Å². The molecular weight excluding hydrogens is 294 g/mol. The monoisotopic (exact) mass is 317 g/mol. The Hall–Kier alpha value is -2.16. The van der Waals surface area contributed by atoms with Crippen LogP contribution in [-0.2, 0) is 23.9 Å². The SMILES string of the molecule is CCCCC[C@H](CN(O)C=O)C(=O)NNC(=O)C(=O)OCC.